The minimum absolute atomic E-state index is 0.0619. The third-order valence-electron chi connectivity index (χ3n) is 11.4. The molecule has 2 amide bonds. The summed E-state index contributed by atoms with van der Waals surface area (Å²) < 4.78 is 48.0. The molecule has 2 unspecified atom stereocenters. The van der Waals surface area contributed by atoms with Gasteiger partial charge in [0, 0.05) is 62.8 Å². The number of nitrogens with zero attached hydrogens (tertiary/aromatic N) is 4. The minimum atomic E-state index is -4.75. The zero-order valence-corrected chi connectivity index (χ0v) is 29.6. The number of aryl methyl sites for hydroxylation is 1. The van der Waals surface area contributed by atoms with Gasteiger partial charge in [-0.2, -0.15) is 18.2 Å². The number of anilines is 5. The van der Waals surface area contributed by atoms with Crippen molar-refractivity contribution in [1.82, 2.24) is 25.5 Å². The molecule has 4 saturated carbocycles. The van der Waals surface area contributed by atoms with Crippen LogP contribution >= 0.6 is 0 Å². The first-order valence-corrected chi connectivity index (χ1v) is 17.8. The van der Waals surface area contributed by atoms with E-state index in [-0.39, 0.29) is 28.6 Å². The highest BCUT2D eigenvalue weighted by molar-refractivity contribution is 6.01. The van der Waals surface area contributed by atoms with Crippen LogP contribution in [0.1, 0.15) is 53.6 Å². The van der Waals surface area contributed by atoms with Gasteiger partial charge in [-0.15, -0.1) is 0 Å². The average molecular weight is 719 g/mol. The maximum Gasteiger partial charge on any atom is 0.421 e. The van der Waals surface area contributed by atoms with Crippen LogP contribution in [-0.4, -0.2) is 78.6 Å². The number of hydrogen-bond acceptors (Lipinski definition) is 9. The molecular weight excluding hydrogens is 673 g/mol. The fourth-order valence-electron chi connectivity index (χ4n) is 9.46. The number of nitrogens with one attached hydrogen (secondary N) is 4. The van der Waals surface area contributed by atoms with Gasteiger partial charge in [0.2, 0.25) is 11.9 Å². The molecule has 276 valence electrons. The first kappa shape index (κ1) is 35.5. The van der Waals surface area contributed by atoms with Crippen LogP contribution in [-0.2, 0) is 11.0 Å². The van der Waals surface area contributed by atoms with E-state index < -0.39 is 23.5 Å². The fourth-order valence-corrected chi connectivity index (χ4v) is 9.46. The summed E-state index contributed by atoms with van der Waals surface area (Å²) in [5, 5.41) is 11.6. The summed E-state index contributed by atoms with van der Waals surface area (Å²) in [7, 11) is 2.99. The van der Waals surface area contributed by atoms with Crippen LogP contribution in [0.15, 0.2) is 55.3 Å². The van der Waals surface area contributed by atoms with E-state index in [2.05, 4.69) is 47.6 Å². The molecule has 5 aliphatic rings. The minimum Gasteiger partial charge on any atom is -0.494 e. The Hall–Kier alpha value is -4.85. The highest BCUT2D eigenvalue weighted by Gasteiger charge is 2.57. The number of halogens is 3. The number of hydrogen-bond donors (Lipinski definition) is 4. The Labute approximate surface area is 301 Å². The number of amides is 2. The average Bonchev–Trinajstić information content (AvgIpc) is 3.11. The zero-order valence-electron chi connectivity index (χ0n) is 29.6. The summed E-state index contributed by atoms with van der Waals surface area (Å²) in [4.78, 5) is 38.0. The number of rotatable bonds is 10. The Morgan fingerprint density at radius 2 is 1.77 bits per heavy atom. The maximum absolute atomic E-state index is 14.1. The molecule has 5 fully saturated rings. The van der Waals surface area contributed by atoms with Crippen molar-refractivity contribution >= 4 is 40.6 Å². The second-order valence-electron chi connectivity index (χ2n) is 14.6. The Bertz CT molecular complexity index is 1850. The van der Waals surface area contributed by atoms with Crippen molar-refractivity contribution in [1.29, 1.82) is 0 Å². The SMILES string of the molecule is C=CC(=O)NC12CC3CC(C1)C(N1CCN(c4ccc(Nc5ncc(C(F)(F)F)c(Nc6c(C)cccc6C(=O)NC)n5)c(OC)c4)CC1)C(C3)C2. The molecule has 1 aromatic heterocycles. The van der Waals surface area contributed by atoms with Crippen molar-refractivity contribution in [3.05, 3.63) is 71.9 Å². The van der Waals surface area contributed by atoms with Gasteiger partial charge in [0.25, 0.3) is 5.91 Å². The number of carbonyl (C=O) groups excluding carboxylic acids is 2. The normalized spacial score (nSPS) is 25.4. The Balaban J connectivity index is 1.05. The Morgan fingerprint density at radius 1 is 1.04 bits per heavy atom. The number of ether oxygens (including phenoxy) is 1. The summed E-state index contributed by atoms with van der Waals surface area (Å²) in [5.74, 6) is 1.28. The lowest BCUT2D eigenvalue weighted by atomic mass is 9.50. The molecule has 1 aliphatic heterocycles. The van der Waals surface area contributed by atoms with E-state index in [4.69, 9.17) is 4.74 Å². The number of benzene rings is 2. The van der Waals surface area contributed by atoms with Crippen LogP contribution < -0.4 is 30.9 Å². The molecule has 2 aromatic carbocycles. The summed E-state index contributed by atoms with van der Waals surface area (Å²) in [6.45, 7) is 8.93. The lowest BCUT2D eigenvalue weighted by molar-refractivity contribution is -0.137. The Kier molecular flexibility index (Phi) is 9.53. The van der Waals surface area contributed by atoms with Crippen LogP contribution in [0, 0.1) is 24.7 Å². The zero-order chi connectivity index (χ0) is 36.8. The molecule has 4 bridgehead atoms. The van der Waals surface area contributed by atoms with Crippen LogP contribution in [0.2, 0.25) is 0 Å². The molecule has 2 atom stereocenters. The molecule has 0 spiro atoms. The number of piperazine rings is 1. The van der Waals surface area contributed by atoms with Gasteiger partial charge in [0.05, 0.1) is 24.0 Å². The van der Waals surface area contributed by atoms with Crippen molar-refractivity contribution in [2.45, 2.75) is 56.8 Å². The van der Waals surface area contributed by atoms with Crippen LogP contribution in [0.5, 0.6) is 5.75 Å². The molecule has 11 nitrogen and oxygen atoms in total. The van der Waals surface area contributed by atoms with E-state index in [1.54, 1.807) is 19.1 Å². The largest absolute Gasteiger partial charge is 0.494 e. The van der Waals surface area contributed by atoms with Gasteiger partial charge in [0.15, 0.2) is 0 Å². The number of carbonyl (C=O) groups is 2. The van der Waals surface area contributed by atoms with Crippen LogP contribution in [0.25, 0.3) is 0 Å². The van der Waals surface area contributed by atoms with Gasteiger partial charge in [-0.05, 0) is 86.6 Å². The van der Waals surface area contributed by atoms with E-state index in [0.29, 0.717) is 40.8 Å². The van der Waals surface area contributed by atoms with Gasteiger partial charge in [-0.3, -0.25) is 14.5 Å². The van der Waals surface area contributed by atoms with E-state index in [9.17, 15) is 22.8 Å². The van der Waals surface area contributed by atoms with E-state index in [0.717, 1.165) is 57.3 Å². The summed E-state index contributed by atoms with van der Waals surface area (Å²) in [6, 6.07) is 11.1. The molecule has 2 heterocycles. The third kappa shape index (κ3) is 6.87. The standard InChI is InChI=1S/C38H45F3N8O3/c1-5-31(50)47-37-18-23-15-24(19-37)33(25(16-23)20-37)49-13-11-48(12-14-49)26-9-10-29(30(17-26)52-4)44-36-43-21-28(38(39,40)41)34(46-36)45-32-22(2)7-6-8-27(32)35(51)42-3/h5-10,17,21,23-25,33H,1,11-16,18-20H2,2-4H3,(H,42,51)(H,47,50)(H2,43,44,45,46). The Morgan fingerprint density at radius 3 is 2.42 bits per heavy atom. The summed E-state index contributed by atoms with van der Waals surface area (Å²) >= 11 is 0. The van der Waals surface area contributed by atoms with Crippen molar-refractivity contribution < 1.29 is 27.5 Å². The number of alkyl halides is 3. The van der Waals surface area contributed by atoms with Gasteiger partial charge in [0.1, 0.15) is 17.1 Å². The first-order valence-electron chi connectivity index (χ1n) is 17.8. The van der Waals surface area contributed by atoms with Gasteiger partial charge in [-0.1, -0.05) is 18.7 Å². The predicted octanol–water partition coefficient (Wildman–Crippen LogP) is 6.03. The molecule has 14 heteroatoms. The van der Waals surface area contributed by atoms with Crippen molar-refractivity contribution in [3.63, 3.8) is 0 Å². The monoisotopic (exact) mass is 718 g/mol. The molecule has 0 radical (unpaired) electrons. The quantitative estimate of drug-likeness (QED) is 0.186. The first-order chi connectivity index (χ1) is 24.9. The molecule has 52 heavy (non-hydrogen) atoms. The van der Waals surface area contributed by atoms with Crippen molar-refractivity contribution in [3.8, 4) is 5.75 Å². The number of para-hydroxylation sites is 1. The van der Waals surface area contributed by atoms with Gasteiger partial charge < -0.3 is 30.9 Å². The summed E-state index contributed by atoms with van der Waals surface area (Å²) in [5.41, 5.74) is 1.29. The molecule has 3 aromatic rings. The van der Waals surface area contributed by atoms with E-state index in [1.165, 1.54) is 39.1 Å². The maximum atomic E-state index is 14.1. The van der Waals surface area contributed by atoms with Crippen LogP contribution in [0.4, 0.5) is 42.0 Å². The molecule has 8 rings (SSSR count). The number of methoxy groups -OCH3 is 1. The van der Waals surface area contributed by atoms with Gasteiger partial charge >= 0.3 is 6.18 Å². The molecular formula is C38H45F3N8O3. The topological polar surface area (TPSA) is 124 Å². The lowest BCUT2D eigenvalue weighted by Crippen LogP contribution is -2.67. The van der Waals surface area contributed by atoms with E-state index >= 15 is 0 Å². The third-order valence-corrected chi connectivity index (χ3v) is 11.4. The van der Waals surface area contributed by atoms with Crippen LogP contribution in [0.3, 0.4) is 0 Å². The second-order valence-corrected chi connectivity index (χ2v) is 14.6. The predicted molar refractivity (Wildman–Crippen MR) is 193 cm³/mol. The van der Waals surface area contributed by atoms with Gasteiger partial charge in [-0.25, -0.2) is 4.98 Å². The molecule has 4 aliphatic carbocycles. The van der Waals surface area contributed by atoms with E-state index in [1.807, 2.05) is 18.2 Å². The summed E-state index contributed by atoms with van der Waals surface area (Å²) in [6.07, 6.45) is 3.01. The van der Waals surface area contributed by atoms with Crippen molar-refractivity contribution in [2.75, 3.05) is 55.9 Å². The highest BCUT2D eigenvalue weighted by Crippen LogP contribution is 2.57. The smallest absolute Gasteiger partial charge is 0.421 e. The highest BCUT2D eigenvalue weighted by atomic mass is 19.4. The molecule has 1 saturated heterocycles. The second kappa shape index (κ2) is 13.9. The molecule has 4 N–H and O–H groups in total. The van der Waals surface area contributed by atoms with Crippen molar-refractivity contribution in [2.24, 2.45) is 17.8 Å². The fraction of sp³-hybridized carbons (Fsp3) is 0.474. The number of aromatic nitrogens is 2. The lowest BCUT2D eigenvalue weighted by Gasteiger charge is -2.62.